The minimum atomic E-state index is -0.413. The van der Waals surface area contributed by atoms with E-state index in [0.29, 0.717) is 5.56 Å². The van der Waals surface area contributed by atoms with Crippen molar-refractivity contribution in [2.24, 2.45) is 0 Å². The number of hydrogen-bond donors (Lipinski definition) is 0. The molecular formula is C20H24O2. The van der Waals surface area contributed by atoms with Crippen LogP contribution in [0.2, 0.25) is 0 Å². The Bertz CT molecular complexity index is 600. The first-order chi connectivity index (χ1) is 10.6. The van der Waals surface area contributed by atoms with Crippen molar-refractivity contribution in [2.45, 2.75) is 40.0 Å². The van der Waals surface area contributed by atoms with Crippen LogP contribution in [0.15, 0.2) is 54.6 Å². The third kappa shape index (κ3) is 6.04. The Labute approximate surface area is 133 Å². The summed E-state index contributed by atoms with van der Waals surface area (Å²) in [6.07, 6.45) is 3.83. The lowest BCUT2D eigenvalue weighted by Gasteiger charge is -1.99. The molecule has 0 aliphatic carbocycles. The first-order valence-electron chi connectivity index (χ1n) is 7.71. The van der Waals surface area contributed by atoms with Crippen molar-refractivity contribution in [3.05, 3.63) is 71.3 Å². The van der Waals surface area contributed by atoms with Gasteiger partial charge in [0.25, 0.3) is 0 Å². The van der Waals surface area contributed by atoms with Crippen molar-refractivity contribution in [1.29, 1.82) is 0 Å². The van der Waals surface area contributed by atoms with E-state index in [1.807, 2.05) is 19.1 Å². The minimum Gasteiger partial charge on any atom is -0.291 e. The van der Waals surface area contributed by atoms with Gasteiger partial charge in [0.2, 0.25) is 5.78 Å². The Kier molecular flexibility index (Phi) is 7.84. The zero-order valence-electron chi connectivity index (χ0n) is 13.6. The molecule has 0 aromatic heterocycles. The van der Waals surface area contributed by atoms with Crippen molar-refractivity contribution in [3.8, 4) is 0 Å². The second-order valence-corrected chi connectivity index (χ2v) is 5.29. The minimum absolute atomic E-state index is 0.409. The average molecular weight is 296 g/mol. The van der Waals surface area contributed by atoms with Crippen LogP contribution >= 0.6 is 0 Å². The van der Waals surface area contributed by atoms with Gasteiger partial charge in [-0.2, -0.15) is 0 Å². The number of carbonyl (C=O) groups excluding carboxylic acids is 2. The number of ketones is 2. The molecule has 2 aromatic rings. The molecule has 0 amide bonds. The molecule has 2 heteroatoms. The SMILES string of the molecule is CC(=O)C(=O)c1ccccc1C.CCCCc1ccccc1. The highest BCUT2D eigenvalue weighted by molar-refractivity contribution is 6.43. The summed E-state index contributed by atoms with van der Waals surface area (Å²) in [5, 5.41) is 0. The van der Waals surface area contributed by atoms with Crippen LogP contribution in [-0.4, -0.2) is 11.6 Å². The van der Waals surface area contributed by atoms with E-state index in [2.05, 4.69) is 37.3 Å². The van der Waals surface area contributed by atoms with Gasteiger partial charge in [0.05, 0.1) is 0 Å². The van der Waals surface area contributed by atoms with E-state index >= 15 is 0 Å². The number of hydrogen-bond acceptors (Lipinski definition) is 2. The third-order valence-electron chi connectivity index (χ3n) is 3.37. The highest BCUT2D eigenvalue weighted by Crippen LogP contribution is 2.07. The maximum absolute atomic E-state index is 11.2. The molecule has 0 radical (unpaired) electrons. The molecule has 0 bridgehead atoms. The van der Waals surface area contributed by atoms with E-state index in [0.717, 1.165) is 5.56 Å². The smallest absolute Gasteiger partial charge is 0.228 e. The van der Waals surface area contributed by atoms with Gasteiger partial charge in [-0.15, -0.1) is 0 Å². The molecule has 0 atom stereocenters. The normalized spacial score (nSPS) is 9.59. The summed E-state index contributed by atoms with van der Waals surface area (Å²) in [6.45, 7) is 5.33. The van der Waals surface area contributed by atoms with E-state index in [-0.39, 0.29) is 0 Å². The number of Topliss-reactive ketones (excluding diaryl/α,β-unsaturated/α-hetero) is 2. The van der Waals surface area contributed by atoms with Gasteiger partial charge in [0, 0.05) is 12.5 Å². The summed E-state index contributed by atoms with van der Waals surface area (Å²) in [4.78, 5) is 22.0. The van der Waals surface area contributed by atoms with Gasteiger partial charge in [-0.05, 0) is 30.9 Å². The third-order valence-corrected chi connectivity index (χ3v) is 3.37. The summed E-state index contributed by atoms with van der Waals surface area (Å²) < 4.78 is 0. The van der Waals surface area contributed by atoms with E-state index < -0.39 is 11.6 Å². The predicted octanol–water partition coefficient (Wildman–Crippen LogP) is 4.80. The number of carbonyl (C=O) groups is 2. The highest BCUT2D eigenvalue weighted by Gasteiger charge is 2.12. The molecule has 2 rings (SSSR count). The monoisotopic (exact) mass is 296 g/mol. The van der Waals surface area contributed by atoms with Crippen molar-refractivity contribution in [1.82, 2.24) is 0 Å². The molecule has 0 N–H and O–H groups in total. The Hall–Kier alpha value is -2.22. The van der Waals surface area contributed by atoms with Crippen molar-refractivity contribution in [3.63, 3.8) is 0 Å². The largest absolute Gasteiger partial charge is 0.291 e. The topological polar surface area (TPSA) is 34.1 Å². The van der Waals surface area contributed by atoms with Gasteiger partial charge >= 0.3 is 0 Å². The second kappa shape index (κ2) is 9.67. The summed E-state index contributed by atoms with van der Waals surface area (Å²) in [5.41, 5.74) is 2.81. The standard InChI is InChI=1S/C10H10O2.C10H14/c1-7-5-3-4-6-9(7)10(12)8(2)11;1-2-3-7-10-8-5-4-6-9-10/h3-6H,1-2H3;4-6,8-9H,2-3,7H2,1H3. The molecule has 0 fully saturated rings. The van der Waals surface area contributed by atoms with Crippen LogP contribution in [0.25, 0.3) is 0 Å². The maximum atomic E-state index is 11.2. The quantitative estimate of drug-likeness (QED) is 0.587. The van der Waals surface area contributed by atoms with Crippen LogP contribution in [0.5, 0.6) is 0 Å². The molecule has 0 saturated carbocycles. The van der Waals surface area contributed by atoms with Crippen molar-refractivity contribution in [2.75, 3.05) is 0 Å². The first-order valence-corrected chi connectivity index (χ1v) is 7.71. The van der Waals surface area contributed by atoms with Crippen LogP contribution in [-0.2, 0) is 11.2 Å². The molecule has 0 saturated heterocycles. The lowest BCUT2D eigenvalue weighted by molar-refractivity contribution is -0.113. The van der Waals surface area contributed by atoms with Gasteiger partial charge in [-0.1, -0.05) is 67.9 Å². The molecule has 0 heterocycles. The molecule has 2 nitrogen and oxygen atoms in total. The first kappa shape index (κ1) is 17.8. The van der Waals surface area contributed by atoms with Gasteiger partial charge in [0.1, 0.15) is 0 Å². The predicted molar refractivity (Wildman–Crippen MR) is 91.2 cm³/mol. The van der Waals surface area contributed by atoms with Gasteiger partial charge < -0.3 is 0 Å². The summed E-state index contributed by atoms with van der Waals surface area (Å²) >= 11 is 0. The van der Waals surface area contributed by atoms with Crippen molar-refractivity contribution < 1.29 is 9.59 Å². The van der Waals surface area contributed by atoms with E-state index in [4.69, 9.17) is 0 Å². The lowest BCUT2D eigenvalue weighted by Crippen LogP contribution is -2.10. The Balaban J connectivity index is 0.000000224. The molecule has 116 valence electrons. The second-order valence-electron chi connectivity index (χ2n) is 5.29. The Morgan fingerprint density at radius 3 is 2.05 bits per heavy atom. The summed E-state index contributed by atoms with van der Waals surface area (Å²) in [5.74, 6) is -0.822. The Morgan fingerprint density at radius 2 is 1.50 bits per heavy atom. The van der Waals surface area contributed by atoms with Gasteiger partial charge in [0.15, 0.2) is 5.78 Å². The molecular weight excluding hydrogens is 272 g/mol. The molecule has 0 aliphatic heterocycles. The molecule has 22 heavy (non-hydrogen) atoms. The van der Waals surface area contributed by atoms with E-state index in [1.54, 1.807) is 12.1 Å². The fourth-order valence-corrected chi connectivity index (χ4v) is 2.04. The fourth-order valence-electron chi connectivity index (χ4n) is 2.04. The van der Waals surface area contributed by atoms with Gasteiger partial charge in [-0.3, -0.25) is 9.59 Å². The van der Waals surface area contributed by atoms with E-state index in [1.165, 1.54) is 31.7 Å². The zero-order valence-corrected chi connectivity index (χ0v) is 13.6. The van der Waals surface area contributed by atoms with Crippen LogP contribution in [0.1, 0.15) is 48.2 Å². The van der Waals surface area contributed by atoms with Gasteiger partial charge in [-0.25, -0.2) is 0 Å². The number of unbranched alkanes of at least 4 members (excludes halogenated alkanes) is 1. The fraction of sp³-hybridized carbons (Fsp3) is 0.300. The van der Waals surface area contributed by atoms with E-state index in [9.17, 15) is 9.59 Å². The molecule has 0 spiro atoms. The highest BCUT2D eigenvalue weighted by atomic mass is 16.2. The Morgan fingerprint density at radius 1 is 0.909 bits per heavy atom. The molecule has 2 aromatic carbocycles. The number of benzene rings is 2. The summed E-state index contributed by atoms with van der Waals surface area (Å²) in [7, 11) is 0. The average Bonchev–Trinajstić information content (AvgIpc) is 2.54. The van der Waals surface area contributed by atoms with Crippen LogP contribution < -0.4 is 0 Å². The van der Waals surface area contributed by atoms with Crippen LogP contribution in [0, 0.1) is 6.92 Å². The van der Waals surface area contributed by atoms with Crippen molar-refractivity contribution >= 4 is 11.6 Å². The lowest BCUT2D eigenvalue weighted by atomic mass is 10.0. The summed E-state index contributed by atoms with van der Waals surface area (Å²) in [6, 6.07) is 17.7. The molecule has 0 unspecified atom stereocenters. The van der Waals surface area contributed by atoms with Crippen LogP contribution in [0.3, 0.4) is 0 Å². The zero-order chi connectivity index (χ0) is 16.4. The maximum Gasteiger partial charge on any atom is 0.228 e. The number of rotatable bonds is 5. The molecule has 0 aliphatic rings. The van der Waals surface area contributed by atoms with Crippen LogP contribution in [0.4, 0.5) is 0 Å². The number of aryl methyl sites for hydroxylation is 2.